The zero-order valence-corrected chi connectivity index (χ0v) is 12.4. The Kier molecular flexibility index (Phi) is 4.75. The monoisotopic (exact) mass is 292 g/mol. The smallest absolute Gasteiger partial charge is 0.316 e. The van der Waals surface area contributed by atoms with Crippen LogP contribution in [0.25, 0.3) is 11.2 Å². The number of aromatic amines is 1. The molecule has 0 spiro atoms. The SMILES string of the molecule is CCNc1nc(NCCNC(=O)N(C)C)c2[nH]cnc2n1. The second kappa shape index (κ2) is 6.73. The first-order chi connectivity index (χ1) is 10.1. The topological polar surface area (TPSA) is 111 Å². The fraction of sp³-hybridized carbons (Fsp3) is 0.500. The molecule has 2 aromatic rings. The number of rotatable bonds is 6. The highest BCUT2D eigenvalue weighted by Crippen LogP contribution is 2.17. The third-order valence-corrected chi connectivity index (χ3v) is 2.72. The number of urea groups is 1. The van der Waals surface area contributed by atoms with Crippen molar-refractivity contribution in [3.63, 3.8) is 0 Å². The van der Waals surface area contributed by atoms with Crippen LogP contribution in [-0.4, -0.2) is 64.6 Å². The molecule has 2 aromatic heterocycles. The van der Waals surface area contributed by atoms with E-state index in [1.165, 1.54) is 4.90 Å². The molecule has 9 nitrogen and oxygen atoms in total. The maximum Gasteiger partial charge on any atom is 0.316 e. The van der Waals surface area contributed by atoms with Crippen LogP contribution in [0, 0.1) is 0 Å². The van der Waals surface area contributed by atoms with Crippen molar-refractivity contribution in [2.45, 2.75) is 6.92 Å². The van der Waals surface area contributed by atoms with Gasteiger partial charge in [0.1, 0.15) is 5.52 Å². The lowest BCUT2D eigenvalue weighted by Crippen LogP contribution is -2.37. The molecule has 2 heterocycles. The summed E-state index contributed by atoms with van der Waals surface area (Å²) in [6.07, 6.45) is 1.58. The van der Waals surface area contributed by atoms with Crippen LogP contribution in [0.15, 0.2) is 6.33 Å². The van der Waals surface area contributed by atoms with Crippen molar-refractivity contribution >= 4 is 29.0 Å². The van der Waals surface area contributed by atoms with E-state index in [0.717, 1.165) is 12.1 Å². The minimum Gasteiger partial charge on any atom is -0.366 e. The Bertz CT molecular complexity index is 608. The van der Waals surface area contributed by atoms with E-state index < -0.39 is 0 Å². The third-order valence-electron chi connectivity index (χ3n) is 2.72. The number of aromatic nitrogens is 4. The van der Waals surface area contributed by atoms with Gasteiger partial charge < -0.3 is 25.8 Å². The normalized spacial score (nSPS) is 10.4. The largest absolute Gasteiger partial charge is 0.366 e. The summed E-state index contributed by atoms with van der Waals surface area (Å²) in [5, 5.41) is 9.01. The first kappa shape index (κ1) is 14.8. The van der Waals surface area contributed by atoms with Crippen molar-refractivity contribution in [3.05, 3.63) is 6.33 Å². The highest BCUT2D eigenvalue weighted by molar-refractivity contribution is 5.83. The Morgan fingerprint density at radius 2 is 2.10 bits per heavy atom. The fourth-order valence-electron chi connectivity index (χ4n) is 1.71. The number of imidazole rings is 1. The molecule has 21 heavy (non-hydrogen) atoms. The predicted molar refractivity (Wildman–Crippen MR) is 81.4 cm³/mol. The van der Waals surface area contributed by atoms with Crippen LogP contribution in [0.4, 0.5) is 16.6 Å². The van der Waals surface area contributed by atoms with Gasteiger partial charge in [-0.3, -0.25) is 0 Å². The van der Waals surface area contributed by atoms with E-state index in [-0.39, 0.29) is 6.03 Å². The van der Waals surface area contributed by atoms with E-state index in [1.54, 1.807) is 20.4 Å². The van der Waals surface area contributed by atoms with E-state index in [4.69, 9.17) is 0 Å². The summed E-state index contributed by atoms with van der Waals surface area (Å²) >= 11 is 0. The van der Waals surface area contributed by atoms with E-state index in [1.807, 2.05) is 6.92 Å². The zero-order chi connectivity index (χ0) is 15.2. The molecule has 0 aliphatic heterocycles. The molecule has 0 fully saturated rings. The van der Waals surface area contributed by atoms with Crippen LogP contribution in [0.1, 0.15) is 6.92 Å². The number of carbonyl (C=O) groups excluding carboxylic acids is 1. The van der Waals surface area contributed by atoms with Crippen molar-refractivity contribution in [3.8, 4) is 0 Å². The van der Waals surface area contributed by atoms with Crippen molar-refractivity contribution < 1.29 is 4.79 Å². The van der Waals surface area contributed by atoms with E-state index >= 15 is 0 Å². The van der Waals surface area contributed by atoms with Crippen molar-refractivity contribution in [1.82, 2.24) is 30.2 Å². The van der Waals surface area contributed by atoms with Gasteiger partial charge in [0.05, 0.1) is 6.33 Å². The van der Waals surface area contributed by atoms with Gasteiger partial charge in [0.25, 0.3) is 0 Å². The summed E-state index contributed by atoms with van der Waals surface area (Å²) in [5.41, 5.74) is 1.34. The van der Waals surface area contributed by atoms with Gasteiger partial charge in [-0.1, -0.05) is 0 Å². The minimum atomic E-state index is -0.125. The van der Waals surface area contributed by atoms with Crippen LogP contribution in [0.5, 0.6) is 0 Å². The number of hydrogen-bond acceptors (Lipinski definition) is 6. The molecule has 0 bridgehead atoms. The van der Waals surface area contributed by atoms with Crippen LogP contribution >= 0.6 is 0 Å². The van der Waals surface area contributed by atoms with Gasteiger partial charge in [-0.15, -0.1) is 0 Å². The first-order valence-electron chi connectivity index (χ1n) is 6.75. The van der Waals surface area contributed by atoms with Crippen molar-refractivity contribution in [2.75, 3.05) is 44.4 Å². The summed E-state index contributed by atoms with van der Waals surface area (Å²) in [4.78, 5) is 28.7. The molecule has 2 amide bonds. The number of nitrogens with zero attached hydrogens (tertiary/aromatic N) is 4. The number of nitrogens with one attached hydrogen (secondary N) is 4. The second-order valence-corrected chi connectivity index (χ2v) is 4.58. The molecule has 2 rings (SSSR count). The van der Waals surface area contributed by atoms with Gasteiger partial charge in [0.2, 0.25) is 5.95 Å². The summed E-state index contributed by atoms with van der Waals surface area (Å²) in [6, 6.07) is -0.125. The lowest BCUT2D eigenvalue weighted by atomic mass is 10.4. The Balaban J connectivity index is 2.00. The first-order valence-corrected chi connectivity index (χ1v) is 6.75. The van der Waals surface area contributed by atoms with E-state index in [9.17, 15) is 4.79 Å². The standard InChI is InChI=1S/C12H20N8O/c1-4-13-11-18-9(8-10(19-11)17-7-16-8)14-5-6-15-12(21)20(2)3/h7H,4-6H2,1-3H3,(H,15,21)(H3,13,14,16,17,18,19). The Morgan fingerprint density at radius 1 is 1.29 bits per heavy atom. The Morgan fingerprint density at radius 3 is 2.81 bits per heavy atom. The van der Waals surface area contributed by atoms with Crippen LogP contribution in [0.2, 0.25) is 0 Å². The maximum absolute atomic E-state index is 11.4. The average Bonchev–Trinajstić information content (AvgIpc) is 2.91. The molecule has 0 aliphatic rings. The summed E-state index contributed by atoms with van der Waals surface area (Å²) in [5.74, 6) is 1.18. The van der Waals surface area contributed by atoms with Gasteiger partial charge in [-0.05, 0) is 6.92 Å². The van der Waals surface area contributed by atoms with E-state index in [2.05, 4.69) is 35.9 Å². The molecule has 0 saturated heterocycles. The van der Waals surface area contributed by atoms with E-state index in [0.29, 0.717) is 30.5 Å². The summed E-state index contributed by atoms with van der Waals surface area (Å²) in [6.45, 7) is 3.75. The number of anilines is 2. The van der Waals surface area contributed by atoms with Crippen molar-refractivity contribution in [2.24, 2.45) is 0 Å². The molecule has 4 N–H and O–H groups in total. The number of fused-ring (bicyclic) bond motifs is 1. The highest BCUT2D eigenvalue weighted by atomic mass is 16.2. The zero-order valence-electron chi connectivity index (χ0n) is 12.4. The average molecular weight is 292 g/mol. The molecule has 114 valence electrons. The number of hydrogen-bond donors (Lipinski definition) is 4. The third kappa shape index (κ3) is 3.71. The molecule has 9 heteroatoms. The Labute approximate surface area is 122 Å². The fourth-order valence-corrected chi connectivity index (χ4v) is 1.71. The lowest BCUT2D eigenvalue weighted by Gasteiger charge is -2.13. The summed E-state index contributed by atoms with van der Waals surface area (Å²) in [7, 11) is 3.40. The molecule has 0 unspecified atom stereocenters. The molecular weight excluding hydrogens is 272 g/mol. The van der Waals surface area contributed by atoms with Gasteiger partial charge in [-0.25, -0.2) is 9.78 Å². The highest BCUT2D eigenvalue weighted by Gasteiger charge is 2.09. The summed E-state index contributed by atoms with van der Waals surface area (Å²) < 4.78 is 0. The second-order valence-electron chi connectivity index (χ2n) is 4.58. The number of carbonyl (C=O) groups is 1. The molecular formula is C12H20N8O. The maximum atomic E-state index is 11.4. The van der Waals surface area contributed by atoms with Gasteiger partial charge in [0.15, 0.2) is 11.5 Å². The molecule has 0 aliphatic carbocycles. The quantitative estimate of drug-likeness (QED) is 0.576. The molecule has 0 radical (unpaired) electrons. The van der Waals surface area contributed by atoms with Crippen LogP contribution < -0.4 is 16.0 Å². The minimum absolute atomic E-state index is 0.125. The van der Waals surface area contributed by atoms with Crippen molar-refractivity contribution in [1.29, 1.82) is 0 Å². The lowest BCUT2D eigenvalue weighted by molar-refractivity contribution is 0.218. The molecule has 0 aromatic carbocycles. The van der Waals surface area contributed by atoms with Gasteiger partial charge in [-0.2, -0.15) is 9.97 Å². The molecule has 0 atom stereocenters. The number of amides is 2. The Hall–Kier alpha value is -2.58. The van der Waals surface area contributed by atoms with Crippen LogP contribution in [-0.2, 0) is 0 Å². The number of H-pyrrole nitrogens is 1. The molecule has 0 saturated carbocycles. The van der Waals surface area contributed by atoms with Gasteiger partial charge >= 0.3 is 6.03 Å². The van der Waals surface area contributed by atoms with Crippen LogP contribution in [0.3, 0.4) is 0 Å². The predicted octanol–water partition coefficient (Wildman–Crippen LogP) is 0.468. The van der Waals surface area contributed by atoms with Gasteiger partial charge in [0, 0.05) is 33.7 Å².